The van der Waals surface area contributed by atoms with Crippen LogP contribution in [-0.2, 0) is 0 Å². The van der Waals surface area contributed by atoms with Gasteiger partial charge in [0.25, 0.3) is 0 Å². The molecule has 3 rings (SSSR count). The summed E-state index contributed by atoms with van der Waals surface area (Å²) in [6, 6.07) is 18.7. The Hall–Kier alpha value is -4.07. The Labute approximate surface area is 154 Å². The zero-order valence-corrected chi connectivity index (χ0v) is 14.1. The predicted molar refractivity (Wildman–Crippen MR) is 102 cm³/mol. The molecule has 27 heavy (non-hydrogen) atoms. The maximum absolute atomic E-state index is 10.9. The smallest absolute Gasteiger partial charge is 0.311 e. The van der Waals surface area contributed by atoms with Crippen LogP contribution in [0.3, 0.4) is 0 Å². The molecule has 8 heteroatoms. The lowest BCUT2D eigenvalue weighted by molar-refractivity contribution is -0.385. The monoisotopic (exact) mass is 361 g/mol. The number of phenolic OH excluding ortho intramolecular Hbond substituents is 1. The average Bonchev–Trinajstić information content (AvgIpc) is 2.69. The summed E-state index contributed by atoms with van der Waals surface area (Å²) in [5, 5.41) is 24.5. The Balaban J connectivity index is 1.85. The van der Waals surface area contributed by atoms with Crippen molar-refractivity contribution in [2.24, 2.45) is 10.1 Å². The maximum atomic E-state index is 10.9. The highest BCUT2D eigenvalue weighted by Gasteiger charge is 2.12. The van der Waals surface area contributed by atoms with Gasteiger partial charge in [0.05, 0.1) is 16.8 Å². The molecule has 0 radical (unpaired) electrons. The largest absolute Gasteiger partial charge is 0.502 e. The summed E-state index contributed by atoms with van der Waals surface area (Å²) < 4.78 is 0. The van der Waals surface area contributed by atoms with E-state index in [1.807, 2.05) is 36.4 Å². The van der Waals surface area contributed by atoms with Crippen molar-refractivity contribution in [1.29, 1.82) is 0 Å². The van der Waals surface area contributed by atoms with Crippen molar-refractivity contribution in [3.05, 3.63) is 94.3 Å². The summed E-state index contributed by atoms with van der Waals surface area (Å²) in [7, 11) is 0. The number of para-hydroxylation sites is 1. The second-order valence-corrected chi connectivity index (χ2v) is 5.39. The third-order valence-corrected chi connectivity index (χ3v) is 3.48. The second-order valence-electron chi connectivity index (χ2n) is 5.39. The summed E-state index contributed by atoms with van der Waals surface area (Å²) in [6.07, 6.45) is 3.04. The van der Waals surface area contributed by atoms with Crippen molar-refractivity contribution in [3.8, 4) is 5.75 Å². The van der Waals surface area contributed by atoms with Crippen LogP contribution in [-0.4, -0.2) is 27.1 Å². The number of amidine groups is 1. The van der Waals surface area contributed by atoms with Gasteiger partial charge in [-0.25, -0.2) is 4.99 Å². The third-order valence-electron chi connectivity index (χ3n) is 3.48. The maximum Gasteiger partial charge on any atom is 0.311 e. The molecule has 0 fully saturated rings. The normalized spacial score (nSPS) is 11.5. The Bertz CT molecular complexity index is 989. The first-order valence-corrected chi connectivity index (χ1v) is 7.95. The minimum atomic E-state index is -0.656. The molecule has 1 aromatic heterocycles. The zero-order chi connectivity index (χ0) is 19.1. The van der Waals surface area contributed by atoms with Crippen LogP contribution in [0.4, 0.5) is 11.4 Å². The number of nitro groups is 1. The molecule has 8 nitrogen and oxygen atoms in total. The Morgan fingerprint density at radius 3 is 2.59 bits per heavy atom. The van der Waals surface area contributed by atoms with Crippen molar-refractivity contribution in [3.63, 3.8) is 0 Å². The molecular formula is C19H15N5O3. The standard InChI is InChI=1S/C19H15N5O3/c25-18-10-9-14(12-17(18)24(26)27)13-21-23-19(16-8-4-5-11-20-16)22-15-6-2-1-3-7-15/h1-13,25H,(H,22,23). The Morgan fingerprint density at radius 1 is 1.11 bits per heavy atom. The molecular weight excluding hydrogens is 346 g/mol. The van der Waals surface area contributed by atoms with E-state index in [0.29, 0.717) is 17.1 Å². The van der Waals surface area contributed by atoms with Crippen LogP contribution in [0, 0.1) is 10.1 Å². The Kier molecular flexibility index (Phi) is 5.48. The lowest BCUT2D eigenvalue weighted by atomic mass is 10.2. The molecule has 3 aromatic rings. The summed E-state index contributed by atoms with van der Waals surface area (Å²) in [4.78, 5) is 19.0. The first kappa shape index (κ1) is 17.7. The van der Waals surface area contributed by atoms with Gasteiger partial charge in [-0.05, 0) is 36.4 Å². The number of hydrazone groups is 1. The van der Waals surface area contributed by atoms with Crippen LogP contribution in [0.1, 0.15) is 11.3 Å². The number of benzene rings is 2. The lowest BCUT2D eigenvalue weighted by Gasteiger charge is -2.05. The molecule has 134 valence electrons. The number of aromatic hydroxyl groups is 1. The number of nitrogens with one attached hydrogen (secondary N) is 1. The number of nitrogens with zero attached hydrogens (tertiary/aromatic N) is 4. The molecule has 0 spiro atoms. The molecule has 0 unspecified atom stereocenters. The van der Waals surface area contributed by atoms with Crippen molar-refractivity contribution in [1.82, 2.24) is 10.4 Å². The molecule has 0 atom stereocenters. The minimum absolute atomic E-state index is 0.387. The van der Waals surface area contributed by atoms with Gasteiger partial charge in [-0.2, -0.15) is 5.10 Å². The second kappa shape index (κ2) is 8.34. The molecule has 0 bridgehead atoms. The minimum Gasteiger partial charge on any atom is -0.502 e. The van der Waals surface area contributed by atoms with E-state index in [9.17, 15) is 15.2 Å². The van der Waals surface area contributed by atoms with Crippen molar-refractivity contribution >= 4 is 23.4 Å². The summed E-state index contributed by atoms with van der Waals surface area (Å²) in [5.41, 5.74) is 4.20. The van der Waals surface area contributed by atoms with Crippen LogP contribution in [0.25, 0.3) is 0 Å². The summed E-state index contributed by atoms with van der Waals surface area (Å²) in [5.74, 6) is 0.0243. The highest BCUT2D eigenvalue weighted by Crippen LogP contribution is 2.25. The molecule has 0 aliphatic carbocycles. The van der Waals surface area contributed by atoms with E-state index < -0.39 is 10.7 Å². The van der Waals surface area contributed by atoms with E-state index in [2.05, 4.69) is 20.5 Å². The number of rotatable bonds is 5. The molecule has 0 saturated carbocycles. The number of phenols is 1. The molecule has 2 aromatic carbocycles. The van der Waals surface area contributed by atoms with Crippen molar-refractivity contribution in [2.45, 2.75) is 0 Å². The number of aromatic nitrogens is 1. The van der Waals surface area contributed by atoms with Gasteiger partial charge in [0.15, 0.2) is 11.6 Å². The lowest BCUT2D eigenvalue weighted by Crippen LogP contribution is -2.20. The predicted octanol–water partition coefficient (Wildman–Crippen LogP) is 3.40. The van der Waals surface area contributed by atoms with E-state index >= 15 is 0 Å². The topological polar surface area (TPSA) is 113 Å². The molecule has 0 amide bonds. The molecule has 0 saturated heterocycles. The molecule has 1 heterocycles. The highest BCUT2D eigenvalue weighted by atomic mass is 16.6. The van der Waals surface area contributed by atoms with Crippen LogP contribution in [0.15, 0.2) is 83.0 Å². The van der Waals surface area contributed by atoms with Gasteiger partial charge < -0.3 is 5.11 Å². The Morgan fingerprint density at radius 2 is 1.89 bits per heavy atom. The van der Waals surface area contributed by atoms with Gasteiger partial charge in [0.2, 0.25) is 0 Å². The fourth-order valence-electron chi connectivity index (χ4n) is 2.21. The first-order valence-electron chi connectivity index (χ1n) is 7.95. The van der Waals surface area contributed by atoms with Gasteiger partial charge in [-0.15, -0.1) is 0 Å². The van der Waals surface area contributed by atoms with E-state index in [-0.39, 0.29) is 5.69 Å². The SMILES string of the molecule is O=[N+]([O-])c1cc(C=NNC(=Nc2ccccc2)c2ccccn2)ccc1O. The van der Waals surface area contributed by atoms with Crippen LogP contribution < -0.4 is 5.43 Å². The van der Waals surface area contributed by atoms with E-state index in [4.69, 9.17) is 0 Å². The summed E-state index contributed by atoms with van der Waals surface area (Å²) in [6.45, 7) is 0. The number of pyridine rings is 1. The fourth-order valence-corrected chi connectivity index (χ4v) is 2.21. The van der Waals surface area contributed by atoms with Crippen LogP contribution in [0.5, 0.6) is 5.75 Å². The van der Waals surface area contributed by atoms with Crippen molar-refractivity contribution in [2.75, 3.05) is 0 Å². The van der Waals surface area contributed by atoms with E-state index in [0.717, 1.165) is 5.69 Å². The number of hydrogen-bond acceptors (Lipinski definition) is 6. The quantitative estimate of drug-likeness (QED) is 0.313. The molecule has 2 N–H and O–H groups in total. The van der Waals surface area contributed by atoms with Gasteiger partial charge in [-0.3, -0.25) is 20.5 Å². The zero-order valence-electron chi connectivity index (χ0n) is 14.1. The van der Waals surface area contributed by atoms with Crippen molar-refractivity contribution < 1.29 is 10.0 Å². The molecule has 0 aliphatic heterocycles. The van der Waals surface area contributed by atoms with Crippen LogP contribution in [0.2, 0.25) is 0 Å². The third kappa shape index (κ3) is 4.73. The van der Waals surface area contributed by atoms with Gasteiger partial charge >= 0.3 is 5.69 Å². The van der Waals surface area contributed by atoms with Gasteiger partial charge in [0.1, 0.15) is 5.69 Å². The van der Waals surface area contributed by atoms with Crippen LogP contribution >= 0.6 is 0 Å². The average molecular weight is 361 g/mol. The number of aliphatic imine (C=N–C) groups is 1. The van der Waals surface area contributed by atoms with E-state index in [1.54, 1.807) is 18.3 Å². The number of hydrogen-bond donors (Lipinski definition) is 2. The fraction of sp³-hybridized carbons (Fsp3) is 0. The van der Waals surface area contributed by atoms with E-state index in [1.165, 1.54) is 24.4 Å². The number of nitro benzene ring substituents is 1. The highest BCUT2D eigenvalue weighted by molar-refractivity contribution is 5.99. The van der Waals surface area contributed by atoms with Gasteiger partial charge in [-0.1, -0.05) is 24.3 Å². The molecule has 0 aliphatic rings. The van der Waals surface area contributed by atoms with Gasteiger partial charge in [0, 0.05) is 17.8 Å². The first-order chi connectivity index (χ1) is 13.1. The summed E-state index contributed by atoms with van der Waals surface area (Å²) >= 11 is 0.